The van der Waals surface area contributed by atoms with Gasteiger partial charge in [0, 0.05) is 36.4 Å². The number of para-hydroxylation sites is 1. The zero-order valence-corrected chi connectivity index (χ0v) is 15.2. The van der Waals surface area contributed by atoms with Gasteiger partial charge in [-0.05, 0) is 24.6 Å². The largest absolute Gasteiger partial charge is 0.481 e. The highest BCUT2D eigenvalue weighted by atomic mass is 16.5. The molecule has 0 saturated carbocycles. The third-order valence-corrected chi connectivity index (χ3v) is 5.12. The molecule has 26 heavy (non-hydrogen) atoms. The molecule has 1 aliphatic heterocycles. The molecule has 0 spiro atoms. The number of amides is 1. The zero-order valence-electron chi connectivity index (χ0n) is 15.2. The van der Waals surface area contributed by atoms with E-state index >= 15 is 0 Å². The predicted molar refractivity (Wildman–Crippen MR) is 101 cm³/mol. The second-order valence-corrected chi connectivity index (χ2v) is 6.66. The SMILES string of the molecule is CCC[C@@H]1c2cccn2CCN1C(=O)c1cc(OC)nc2ccccc12. The van der Waals surface area contributed by atoms with Crippen LogP contribution >= 0.6 is 0 Å². The Morgan fingerprint density at radius 2 is 2.08 bits per heavy atom. The molecule has 134 valence electrons. The molecule has 1 atom stereocenters. The molecule has 0 radical (unpaired) electrons. The van der Waals surface area contributed by atoms with Crippen LogP contribution in [0.3, 0.4) is 0 Å². The van der Waals surface area contributed by atoms with Crippen molar-refractivity contribution in [3.8, 4) is 5.88 Å². The van der Waals surface area contributed by atoms with Crippen molar-refractivity contribution in [3.05, 3.63) is 59.9 Å². The molecule has 1 aliphatic rings. The molecule has 0 saturated heterocycles. The molecule has 5 nitrogen and oxygen atoms in total. The molecule has 0 aliphatic carbocycles. The average molecular weight is 349 g/mol. The molecule has 4 rings (SSSR count). The highest BCUT2D eigenvalue weighted by Crippen LogP contribution is 2.33. The van der Waals surface area contributed by atoms with E-state index < -0.39 is 0 Å². The van der Waals surface area contributed by atoms with E-state index in [2.05, 4.69) is 34.8 Å². The van der Waals surface area contributed by atoms with Crippen LogP contribution in [0, 0.1) is 0 Å². The van der Waals surface area contributed by atoms with Gasteiger partial charge in [-0.1, -0.05) is 31.5 Å². The van der Waals surface area contributed by atoms with Crippen LogP contribution < -0.4 is 4.74 Å². The summed E-state index contributed by atoms with van der Waals surface area (Å²) in [5.41, 5.74) is 2.66. The van der Waals surface area contributed by atoms with E-state index in [4.69, 9.17) is 4.74 Å². The van der Waals surface area contributed by atoms with Gasteiger partial charge in [0.2, 0.25) is 5.88 Å². The van der Waals surface area contributed by atoms with Crippen LogP contribution in [-0.4, -0.2) is 34.0 Å². The minimum absolute atomic E-state index is 0.0489. The lowest BCUT2D eigenvalue weighted by Gasteiger charge is -2.37. The number of aromatic nitrogens is 2. The van der Waals surface area contributed by atoms with Gasteiger partial charge < -0.3 is 14.2 Å². The number of pyridine rings is 1. The van der Waals surface area contributed by atoms with Crippen LogP contribution in [-0.2, 0) is 6.54 Å². The number of carbonyl (C=O) groups excluding carboxylic acids is 1. The summed E-state index contributed by atoms with van der Waals surface area (Å²) < 4.78 is 7.59. The summed E-state index contributed by atoms with van der Waals surface area (Å²) in [5.74, 6) is 0.521. The molecule has 2 aromatic heterocycles. The van der Waals surface area contributed by atoms with Crippen LogP contribution in [0.25, 0.3) is 10.9 Å². The standard InChI is InChI=1S/C21H23N3O2/c1-3-7-19-18-10-6-11-23(18)12-13-24(19)21(25)16-14-20(26-2)22-17-9-5-4-8-15(16)17/h4-6,8-11,14,19H,3,7,12-13H2,1-2H3/t19-/m1/s1. The van der Waals surface area contributed by atoms with Gasteiger partial charge >= 0.3 is 0 Å². The Bertz CT molecular complexity index is 947. The van der Waals surface area contributed by atoms with Gasteiger partial charge in [0.25, 0.3) is 5.91 Å². The molecule has 0 bridgehead atoms. The number of hydrogen-bond acceptors (Lipinski definition) is 3. The van der Waals surface area contributed by atoms with Gasteiger partial charge in [-0.25, -0.2) is 4.98 Å². The van der Waals surface area contributed by atoms with Crippen molar-refractivity contribution in [2.24, 2.45) is 0 Å². The van der Waals surface area contributed by atoms with Crippen LogP contribution in [0.4, 0.5) is 0 Å². The van der Waals surface area contributed by atoms with Crippen molar-refractivity contribution >= 4 is 16.8 Å². The lowest BCUT2D eigenvalue weighted by atomic mass is 10.0. The van der Waals surface area contributed by atoms with E-state index in [0.717, 1.165) is 30.3 Å². The summed E-state index contributed by atoms with van der Waals surface area (Å²) in [7, 11) is 1.58. The highest BCUT2D eigenvalue weighted by molar-refractivity contribution is 6.06. The van der Waals surface area contributed by atoms with Gasteiger partial charge in [0.15, 0.2) is 0 Å². The number of rotatable bonds is 4. The maximum atomic E-state index is 13.5. The first kappa shape index (κ1) is 16.6. The van der Waals surface area contributed by atoms with Gasteiger partial charge in [-0.3, -0.25) is 4.79 Å². The molecule has 1 aromatic carbocycles. The number of nitrogens with zero attached hydrogens (tertiary/aromatic N) is 3. The number of ether oxygens (including phenoxy) is 1. The number of fused-ring (bicyclic) bond motifs is 2. The van der Waals surface area contributed by atoms with Gasteiger partial charge in [-0.15, -0.1) is 0 Å². The quantitative estimate of drug-likeness (QED) is 0.714. The van der Waals surface area contributed by atoms with Crippen LogP contribution in [0.15, 0.2) is 48.7 Å². The van der Waals surface area contributed by atoms with Gasteiger partial charge in [0.1, 0.15) is 0 Å². The zero-order chi connectivity index (χ0) is 18.1. The first-order chi connectivity index (χ1) is 12.7. The summed E-state index contributed by atoms with van der Waals surface area (Å²) in [4.78, 5) is 20.0. The van der Waals surface area contributed by atoms with E-state index in [0.29, 0.717) is 18.0 Å². The van der Waals surface area contributed by atoms with E-state index in [9.17, 15) is 4.79 Å². The monoisotopic (exact) mass is 349 g/mol. The number of benzene rings is 1. The topological polar surface area (TPSA) is 47.4 Å². The maximum absolute atomic E-state index is 13.5. The molecule has 1 amide bonds. The summed E-state index contributed by atoms with van der Waals surface area (Å²) >= 11 is 0. The lowest BCUT2D eigenvalue weighted by Crippen LogP contribution is -2.42. The fourth-order valence-electron chi connectivity index (χ4n) is 3.87. The van der Waals surface area contributed by atoms with Crippen LogP contribution in [0.5, 0.6) is 5.88 Å². The molecule has 0 unspecified atom stereocenters. The molecule has 0 fully saturated rings. The second-order valence-electron chi connectivity index (χ2n) is 6.66. The Balaban J connectivity index is 1.79. The lowest BCUT2D eigenvalue weighted by molar-refractivity contribution is 0.0612. The fraction of sp³-hybridized carbons (Fsp3) is 0.333. The predicted octanol–water partition coefficient (Wildman–Crippen LogP) is 4.04. The minimum Gasteiger partial charge on any atom is -0.481 e. The summed E-state index contributed by atoms with van der Waals surface area (Å²) in [6.45, 7) is 3.70. The smallest absolute Gasteiger partial charge is 0.255 e. The van der Waals surface area contributed by atoms with Crippen LogP contribution in [0.2, 0.25) is 0 Å². The van der Waals surface area contributed by atoms with E-state index in [1.165, 1.54) is 5.69 Å². The first-order valence-corrected chi connectivity index (χ1v) is 9.12. The van der Waals surface area contributed by atoms with Crippen molar-refractivity contribution < 1.29 is 9.53 Å². The van der Waals surface area contributed by atoms with Gasteiger partial charge in [-0.2, -0.15) is 0 Å². The third-order valence-electron chi connectivity index (χ3n) is 5.12. The number of methoxy groups -OCH3 is 1. The van der Waals surface area contributed by atoms with E-state index in [1.807, 2.05) is 29.2 Å². The fourth-order valence-corrected chi connectivity index (χ4v) is 3.87. The summed E-state index contributed by atoms with van der Waals surface area (Å²) in [6, 6.07) is 13.8. The van der Waals surface area contributed by atoms with Crippen molar-refractivity contribution in [2.45, 2.75) is 32.4 Å². The third kappa shape index (κ3) is 2.73. The number of carbonyl (C=O) groups is 1. The highest BCUT2D eigenvalue weighted by Gasteiger charge is 2.31. The van der Waals surface area contributed by atoms with E-state index in [1.54, 1.807) is 13.2 Å². The Kier molecular flexibility index (Phi) is 4.37. The minimum atomic E-state index is 0.0489. The molecule has 5 heteroatoms. The molecule has 0 N–H and O–H groups in total. The Morgan fingerprint density at radius 1 is 1.23 bits per heavy atom. The average Bonchev–Trinajstić information content (AvgIpc) is 3.16. The summed E-state index contributed by atoms with van der Waals surface area (Å²) in [6.07, 6.45) is 4.08. The maximum Gasteiger partial charge on any atom is 0.255 e. The Morgan fingerprint density at radius 3 is 2.88 bits per heavy atom. The molecule has 3 aromatic rings. The molecule has 3 heterocycles. The van der Waals surface area contributed by atoms with Crippen molar-refractivity contribution in [1.82, 2.24) is 14.5 Å². The van der Waals surface area contributed by atoms with Gasteiger partial charge in [0.05, 0.1) is 24.2 Å². The Labute approximate surface area is 153 Å². The first-order valence-electron chi connectivity index (χ1n) is 9.12. The van der Waals surface area contributed by atoms with E-state index in [-0.39, 0.29) is 11.9 Å². The number of hydrogen-bond donors (Lipinski definition) is 0. The van der Waals surface area contributed by atoms with Crippen molar-refractivity contribution in [2.75, 3.05) is 13.7 Å². The van der Waals surface area contributed by atoms with Crippen LogP contribution in [0.1, 0.15) is 41.9 Å². The Hall–Kier alpha value is -2.82. The second kappa shape index (κ2) is 6.83. The van der Waals surface area contributed by atoms with Crippen molar-refractivity contribution in [3.63, 3.8) is 0 Å². The summed E-state index contributed by atoms with van der Waals surface area (Å²) in [5, 5.41) is 0.870. The van der Waals surface area contributed by atoms with Crippen molar-refractivity contribution in [1.29, 1.82) is 0 Å². The molecular formula is C21H23N3O2. The normalized spacial score (nSPS) is 16.5. The molecular weight excluding hydrogens is 326 g/mol.